The zero-order valence-electron chi connectivity index (χ0n) is 36.4. The molecule has 0 unspecified atom stereocenters. The van der Waals surface area contributed by atoms with E-state index < -0.39 is 17.4 Å². The molecule has 0 radical (unpaired) electrons. The first-order valence-electron chi connectivity index (χ1n) is 21.4. The molecular weight excluding hydrogens is 741 g/mol. The average molecular weight is 803 g/mol. The third-order valence-corrected chi connectivity index (χ3v) is 10.7. The molecule has 4 aromatic rings. The Morgan fingerprint density at radius 2 is 0.847 bits per heavy atom. The molecular formula is C51H62O8. The maximum atomic E-state index is 13.8. The van der Waals surface area contributed by atoms with Crippen LogP contribution in [0.25, 0.3) is 11.1 Å². The van der Waals surface area contributed by atoms with Crippen molar-refractivity contribution in [2.75, 3.05) is 26.4 Å². The van der Waals surface area contributed by atoms with Gasteiger partial charge in [-0.25, -0.2) is 9.59 Å². The summed E-state index contributed by atoms with van der Waals surface area (Å²) >= 11 is 0. The van der Waals surface area contributed by atoms with Gasteiger partial charge in [-0.1, -0.05) is 116 Å². The summed E-state index contributed by atoms with van der Waals surface area (Å²) in [4.78, 5) is 27.6. The molecule has 1 aliphatic carbocycles. The highest BCUT2D eigenvalue weighted by Crippen LogP contribution is 2.67. The predicted octanol–water partition coefficient (Wildman–Crippen LogP) is 11.9. The van der Waals surface area contributed by atoms with Gasteiger partial charge in [-0.15, -0.1) is 0 Å². The Labute approximate surface area is 351 Å². The molecule has 1 aliphatic rings. The molecule has 4 aromatic carbocycles. The summed E-state index contributed by atoms with van der Waals surface area (Å²) in [6, 6.07) is 16.5. The number of rotatable bonds is 22. The summed E-state index contributed by atoms with van der Waals surface area (Å²) in [5, 5.41) is 0. The molecule has 5 rings (SSSR count). The fourth-order valence-electron chi connectivity index (χ4n) is 8.33. The summed E-state index contributed by atoms with van der Waals surface area (Å²) in [5.41, 5.74) is 6.80. The summed E-state index contributed by atoms with van der Waals surface area (Å²) in [6.45, 7) is 25.6. The van der Waals surface area contributed by atoms with Gasteiger partial charge in [0.2, 0.25) is 0 Å². The van der Waals surface area contributed by atoms with E-state index >= 15 is 0 Å². The SMILES string of the molecule is C=CC(=O)Oc1c(OCCC)c(C)c(CCC)c(OCCC)c1C1(c2c(OCCC)c(CCC)c(C)c(OCCC)c2OC(=O)C=C)c2ccccc2-c2ccccc21. The number of carbonyl (C=O) groups is 2. The largest absolute Gasteiger partial charge is 0.493 e. The highest BCUT2D eigenvalue weighted by atomic mass is 16.6. The molecule has 0 N–H and O–H groups in total. The third-order valence-electron chi connectivity index (χ3n) is 10.7. The molecule has 0 saturated carbocycles. The molecule has 0 amide bonds. The zero-order chi connectivity index (χ0) is 42.7. The molecule has 314 valence electrons. The standard InChI is InChI=1S/C51H62O8/c1-11-23-35-33(9)45(54-29-13-3)49(58-41(52)17-7)43(47(35)56-31-15-5)51(39-27-21-19-25-37(39)38-26-20-22-28-40(38)51)44-48(57-32-16-6)36(24-12-2)34(10)46(55-30-14-4)50(44)59-42(53)18-8/h17-22,25-28H,7-8,11-16,23-24,29-32H2,1-6,9-10H3. The van der Waals surface area contributed by atoms with Gasteiger partial charge >= 0.3 is 11.9 Å². The first kappa shape index (κ1) is 44.6. The first-order chi connectivity index (χ1) is 28.7. The van der Waals surface area contributed by atoms with Gasteiger partial charge in [-0.05, 0) is 74.6 Å². The minimum Gasteiger partial charge on any atom is -0.493 e. The number of carbonyl (C=O) groups excluding carboxylic acids is 2. The number of hydrogen-bond donors (Lipinski definition) is 0. The van der Waals surface area contributed by atoms with Crippen molar-refractivity contribution in [2.45, 2.75) is 112 Å². The molecule has 8 heteroatoms. The third kappa shape index (κ3) is 8.37. The molecule has 0 heterocycles. The second-order valence-electron chi connectivity index (χ2n) is 14.9. The lowest BCUT2D eigenvalue weighted by molar-refractivity contribution is -0.130. The van der Waals surface area contributed by atoms with Gasteiger partial charge < -0.3 is 28.4 Å². The molecule has 0 aliphatic heterocycles. The lowest BCUT2D eigenvalue weighted by atomic mass is 9.64. The van der Waals surface area contributed by atoms with E-state index in [0.717, 1.165) is 69.5 Å². The van der Waals surface area contributed by atoms with E-state index in [-0.39, 0.29) is 11.5 Å². The van der Waals surface area contributed by atoms with Gasteiger partial charge in [0.25, 0.3) is 0 Å². The van der Waals surface area contributed by atoms with Crippen molar-refractivity contribution in [2.24, 2.45) is 0 Å². The van der Waals surface area contributed by atoms with E-state index in [2.05, 4.69) is 65.1 Å². The van der Waals surface area contributed by atoms with Crippen molar-refractivity contribution in [3.05, 3.63) is 118 Å². The topological polar surface area (TPSA) is 89.5 Å². The van der Waals surface area contributed by atoms with Crippen LogP contribution in [0.5, 0.6) is 34.5 Å². The van der Waals surface area contributed by atoms with Crippen molar-refractivity contribution < 1.29 is 38.0 Å². The van der Waals surface area contributed by atoms with Gasteiger partial charge in [-0.2, -0.15) is 0 Å². The molecule has 0 spiro atoms. The number of ether oxygens (including phenoxy) is 6. The minimum absolute atomic E-state index is 0.203. The summed E-state index contributed by atoms with van der Waals surface area (Å²) < 4.78 is 40.6. The molecule has 0 fully saturated rings. The highest BCUT2D eigenvalue weighted by Gasteiger charge is 2.55. The van der Waals surface area contributed by atoms with Crippen LogP contribution in [-0.4, -0.2) is 38.4 Å². The number of benzene rings is 4. The van der Waals surface area contributed by atoms with Crippen LogP contribution in [0.15, 0.2) is 73.8 Å². The van der Waals surface area contributed by atoms with Crippen molar-refractivity contribution in [1.82, 2.24) is 0 Å². The Hall–Kier alpha value is -5.50. The van der Waals surface area contributed by atoms with Crippen molar-refractivity contribution in [3.63, 3.8) is 0 Å². The van der Waals surface area contributed by atoms with Crippen molar-refractivity contribution >= 4 is 11.9 Å². The minimum atomic E-state index is -1.42. The number of esters is 2. The Balaban J connectivity index is 2.29. The van der Waals surface area contributed by atoms with Crippen LogP contribution < -0.4 is 28.4 Å². The van der Waals surface area contributed by atoms with E-state index in [1.165, 1.54) is 0 Å². The van der Waals surface area contributed by atoms with Crippen LogP contribution in [0.2, 0.25) is 0 Å². The Kier molecular flexibility index (Phi) is 15.5. The fraction of sp³-hybridized carbons (Fsp3) is 0.412. The van der Waals surface area contributed by atoms with Gasteiger partial charge in [0.1, 0.15) is 11.5 Å². The summed E-state index contributed by atoms with van der Waals surface area (Å²) in [7, 11) is 0. The van der Waals surface area contributed by atoms with Crippen LogP contribution in [0.4, 0.5) is 0 Å². The van der Waals surface area contributed by atoms with Crippen LogP contribution in [0, 0.1) is 13.8 Å². The Morgan fingerprint density at radius 3 is 1.17 bits per heavy atom. The van der Waals surface area contributed by atoms with E-state index in [9.17, 15) is 9.59 Å². The summed E-state index contributed by atoms with van der Waals surface area (Å²) in [6.07, 6.45) is 8.07. The second kappa shape index (κ2) is 20.5. The van der Waals surface area contributed by atoms with E-state index in [0.29, 0.717) is 99.1 Å². The highest BCUT2D eigenvalue weighted by molar-refractivity contribution is 5.94. The molecule has 59 heavy (non-hydrogen) atoms. The van der Waals surface area contributed by atoms with Gasteiger partial charge in [-0.3, -0.25) is 0 Å². The average Bonchev–Trinajstić information content (AvgIpc) is 3.54. The lowest BCUT2D eigenvalue weighted by Gasteiger charge is -2.40. The van der Waals surface area contributed by atoms with Crippen molar-refractivity contribution in [1.29, 1.82) is 0 Å². The Bertz CT molecular complexity index is 2010. The van der Waals surface area contributed by atoms with Crippen LogP contribution in [-0.2, 0) is 27.8 Å². The maximum Gasteiger partial charge on any atom is 0.335 e. The monoisotopic (exact) mass is 802 g/mol. The normalized spacial score (nSPS) is 12.3. The molecule has 0 aromatic heterocycles. The molecule has 0 bridgehead atoms. The van der Waals surface area contributed by atoms with Gasteiger partial charge in [0.05, 0.1) is 43.0 Å². The van der Waals surface area contributed by atoms with Crippen LogP contribution in [0.3, 0.4) is 0 Å². The first-order valence-corrected chi connectivity index (χ1v) is 21.4. The summed E-state index contributed by atoms with van der Waals surface area (Å²) in [5.74, 6) is 1.12. The van der Waals surface area contributed by atoms with Gasteiger partial charge in [0.15, 0.2) is 23.0 Å². The fourth-order valence-corrected chi connectivity index (χ4v) is 8.33. The van der Waals surface area contributed by atoms with Crippen molar-refractivity contribution in [3.8, 4) is 45.6 Å². The van der Waals surface area contributed by atoms with E-state index in [1.807, 2.05) is 52.0 Å². The quantitative estimate of drug-likeness (QED) is 0.0388. The van der Waals surface area contributed by atoms with Gasteiger partial charge in [0, 0.05) is 34.4 Å². The zero-order valence-corrected chi connectivity index (χ0v) is 36.4. The number of hydrogen-bond acceptors (Lipinski definition) is 8. The molecule has 8 nitrogen and oxygen atoms in total. The smallest absolute Gasteiger partial charge is 0.335 e. The predicted molar refractivity (Wildman–Crippen MR) is 236 cm³/mol. The van der Waals surface area contributed by atoms with Crippen LogP contribution in [0.1, 0.15) is 125 Å². The maximum absolute atomic E-state index is 13.8. The van der Waals surface area contributed by atoms with E-state index in [1.54, 1.807) is 0 Å². The van der Waals surface area contributed by atoms with E-state index in [4.69, 9.17) is 28.4 Å². The lowest BCUT2D eigenvalue weighted by Crippen LogP contribution is -2.34. The Morgan fingerprint density at radius 1 is 0.508 bits per heavy atom. The molecule has 0 atom stereocenters. The van der Waals surface area contributed by atoms with Crippen LogP contribution >= 0.6 is 0 Å². The molecule has 0 saturated heterocycles. The second-order valence-corrected chi connectivity index (χ2v) is 14.9. The number of fused-ring (bicyclic) bond motifs is 3.